The molecular formula is C17H18BrNO. The zero-order valence-electron chi connectivity index (χ0n) is 11.3. The summed E-state index contributed by atoms with van der Waals surface area (Å²) in [4.78, 5) is 2.48. The summed E-state index contributed by atoms with van der Waals surface area (Å²) in [6.45, 7) is 3.20. The van der Waals surface area contributed by atoms with Crippen molar-refractivity contribution in [3.8, 4) is 5.75 Å². The number of phenolic OH excluding ortho intramolecular Hbond substituents is 1. The molecule has 1 saturated heterocycles. The zero-order valence-corrected chi connectivity index (χ0v) is 12.9. The van der Waals surface area contributed by atoms with Crippen molar-refractivity contribution in [1.82, 2.24) is 4.90 Å². The van der Waals surface area contributed by atoms with E-state index in [2.05, 4.69) is 51.2 Å². The van der Waals surface area contributed by atoms with Crippen LogP contribution in [0.3, 0.4) is 0 Å². The Morgan fingerprint density at radius 1 is 1.15 bits per heavy atom. The Morgan fingerprint density at radius 2 is 1.95 bits per heavy atom. The molecule has 1 aliphatic heterocycles. The number of benzene rings is 2. The normalized spacial score (nSPS) is 19.4. The molecule has 0 aliphatic carbocycles. The lowest BCUT2D eigenvalue weighted by atomic mass is 9.99. The fraction of sp³-hybridized carbons (Fsp3) is 0.294. The summed E-state index contributed by atoms with van der Waals surface area (Å²) in [7, 11) is 0. The first-order valence-corrected chi connectivity index (χ1v) is 7.76. The molecule has 104 valence electrons. The van der Waals surface area contributed by atoms with E-state index in [1.54, 1.807) is 6.07 Å². The summed E-state index contributed by atoms with van der Waals surface area (Å²) in [5.74, 6) is 0.953. The Kier molecular flexibility index (Phi) is 4.08. The Hall–Kier alpha value is -1.32. The molecular weight excluding hydrogens is 314 g/mol. The number of likely N-dealkylation sites (tertiary alicyclic amines) is 1. The molecule has 0 radical (unpaired) electrons. The number of hydrogen-bond donors (Lipinski definition) is 1. The van der Waals surface area contributed by atoms with Crippen LogP contribution in [0, 0.1) is 0 Å². The van der Waals surface area contributed by atoms with Crippen molar-refractivity contribution in [3.05, 3.63) is 64.1 Å². The number of rotatable bonds is 3. The smallest absolute Gasteiger partial charge is 0.129 e. The van der Waals surface area contributed by atoms with Crippen LogP contribution in [0.15, 0.2) is 53.0 Å². The molecule has 1 N–H and O–H groups in total. The van der Waals surface area contributed by atoms with Crippen LogP contribution < -0.4 is 0 Å². The van der Waals surface area contributed by atoms with Crippen molar-refractivity contribution in [2.24, 2.45) is 0 Å². The van der Waals surface area contributed by atoms with Crippen molar-refractivity contribution in [3.63, 3.8) is 0 Å². The van der Waals surface area contributed by atoms with Gasteiger partial charge in [0.1, 0.15) is 5.75 Å². The van der Waals surface area contributed by atoms with Gasteiger partial charge in [0.15, 0.2) is 0 Å². The predicted octanol–water partition coefficient (Wildman–Crippen LogP) is 4.14. The fourth-order valence-corrected chi connectivity index (χ4v) is 3.31. The SMILES string of the molecule is Oc1ccc(CN2CCC(c3ccccc3)C2)cc1Br. The highest BCUT2D eigenvalue weighted by molar-refractivity contribution is 9.10. The van der Waals surface area contributed by atoms with E-state index in [1.807, 2.05) is 12.1 Å². The van der Waals surface area contributed by atoms with Gasteiger partial charge in [-0.15, -0.1) is 0 Å². The van der Waals surface area contributed by atoms with Gasteiger partial charge in [0.2, 0.25) is 0 Å². The van der Waals surface area contributed by atoms with Gasteiger partial charge in [-0.2, -0.15) is 0 Å². The molecule has 3 heteroatoms. The second-order valence-electron chi connectivity index (χ2n) is 5.42. The van der Waals surface area contributed by atoms with Crippen molar-refractivity contribution < 1.29 is 5.11 Å². The summed E-state index contributed by atoms with van der Waals surface area (Å²) < 4.78 is 0.772. The molecule has 0 aromatic heterocycles. The molecule has 2 aromatic carbocycles. The van der Waals surface area contributed by atoms with Crippen LogP contribution in [0.5, 0.6) is 5.75 Å². The second kappa shape index (κ2) is 5.98. The molecule has 2 nitrogen and oxygen atoms in total. The lowest BCUT2D eigenvalue weighted by molar-refractivity contribution is 0.326. The van der Waals surface area contributed by atoms with Crippen LogP contribution in [0.4, 0.5) is 0 Å². The summed E-state index contributed by atoms with van der Waals surface area (Å²) in [6.07, 6.45) is 1.23. The van der Waals surface area contributed by atoms with E-state index in [-0.39, 0.29) is 0 Å². The average molecular weight is 332 g/mol. The van der Waals surface area contributed by atoms with Crippen LogP contribution in [0.2, 0.25) is 0 Å². The summed E-state index contributed by atoms with van der Waals surface area (Å²) in [5, 5.41) is 9.53. The summed E-state index contributed by atoms with van der Waals surface area (Å²) >= 11 is 3.38. The van der Waals surface area contributed by atoms with Gasteiger partial charge >= 0.3 is 0 Å². The molecule has 1 unspecified atom stereocenters. The maximum Gasteiger partial charge on any atom is 0.129 e. The number of phenols is 1. The topological polar surface area (TPSA) is 23.5 Å². The number of halogens is 1. The highest BCUT2D eigenvalue weighted by Crippen LogP contribution is 2.29. The Balaban J connectivity index is 1.64. The molecule has 0 saturated carbocycles. The molecule has 0 spiro atoms. The monoisotopic (exact) mass is 331 g/mol. The van der Waals surface area contributed by atoms with Crippen molar-refractivity contribution in [1.29, 1.82) is 0 Å². The van der Waals surface area contributed by atoms with E-state index >= 15 is 0 Å². The minimum atomic E-state index is 0.303. The second-order valence-corrected chi connectivity index (χ2v) is 6.27. The highest BCUT2D eigenvalue weighted by Gasteiger charge is 2.23. The van der Waals surface area contributed by atoms with Gasteiger partial charge in [0, 0.05) is 13.1 Å². The summed E-state index contributed by atoms with van der Waals surface area (Å²) in [5.41, 5.74) is 2.69. The summed E-state index contributed by atoms with van der Waals surface area (Å²) in [6, 6.07) is 16.5. The van der Waals surface area contributed by atoms with Crippen LogP contribution in [-0.4, -0.2) is 23.1 Å². The number of hydrogen-bond acceptors (Lipinski definition) is 2. The van der Waals surface area contributed by atoms with Crippen LogP contribution in [0.25, 0.3) is 0 Å². The molecule has 3 rings (SSSR count). The molecule has 20 heavy (non-hydrogen) atoms. The van der Waals surface area contributed by atoms with E-state index in [0.717, 1.165) is 24.1 Å². The molecule has 1 aliphatic rings. The van der Waals surface area contributed by atoms with E-state index in [4.69, 9.17) is 0 Å². The molecule has 1 heterocycles. The minimum Gasteiger partial charge on any atom is -0.507 e. The van der Waals surface area contributed by atoms with Crippen LogP contribution in [-0.2, 0) is 6.54 Å². The molecule has 1 fully saturated rings. The molecule has 0 amide bonds. The molecule has 1 atom stereocenters. The van der Waals surface area contributed by atoms with Gasteiger partial charge in [-0.25, -0.2) is 0 Å². The van der Waals surface area contributed by atoms with E-state index in [1.165, 1.54) is 17.5 Å². The minimum absolute atomic E-state index is 0.303. The van der Waals surface area contributed by atoms with Gasteiger partial charge in [-0.1, -0.05) is 36.4 Å². The standard InChI is InChI=1S/C17H18BrNO/c18-16-10-13(6-7-17(16)20)11-19-9-8-15(12-19)14-4-2-1-3-5-14/h1-7,10,15,20H,8-9,11-12H2. The first-order chi connectivity index (χ1) is 9.72. The first-order valence-electron chi connectivity index (χ1n) is 6.97. The average Bonchev–Trinajstić information content (AvgIpc) is 2.92. The highest BCUT2D eigenvalue weighted by atomic mass is 79.9. The molecule has 2 aromatic rings. The Bertz CT molecular complexity index is 585. The Labute approximate surface area is 128 Å². The third-order valence-electron chi connectivity index (χ3n) is 3.96. The van der Waals surface area contributed by atoms with E-state index < -0.39 is 0 Å². The van der Waals surface area contributed by atoms with Gasteiger partial charge in [0.05, 0.1) is 4.47 Å². The van der Waals surface area contributed by atoms with Gasteiger partial charge in [-0.05, 0) is 58.1 Å². The van der Waals surface area contributed by atoms with Gasteiger partial charge in [0.25, 0.3) is 0 Å². The fourth-order valence-electron chi connectivity index (χ4n) is 2.88. The third-order valence-corrected chi connectivity index (χ3v) is 4.60. The van der Waals surface area contributed by atoms with Gasteiger partial charge < -0.3 is 5.11 Å². The van der Waals surface area contributed by atoms with Crippen molar-refractivity contribution in [2.45, 2.75) is 18.9 Å². The van der Waals surface area contributed by atoms with Gasteiger partial charge in [-0.3, -0.25) is 4.90 Å². The third kappa shape index (κ3) is 3.05. The maximum absolute atomic E-state index is 9.53. The maximum atomic E-state index is 9.53. The van der Waals surface area contributed by atoms with E-state index in [0.29, 0.717) is 11.7 Å². The van der Waals surface area contributed by atoms with Crippen molar-refractivity contribution in [2.75, 3.05) is 13.1 Å². The quantitative estimate of drug-likeness (QED) is 0.913. The van der Waals surface area contributed by atoms with Crippen LogP contribution >= 0.6 is 15.9 Å². The first kappa shape index (κ1) is 13.7. The largest absolute Gasteiger partial charge is 0.507 e. The van der Waals surface area contributed by atoms with E-state index in [9.17, 15) is 5.11 Å². The predicted molar refractivity (Wildman–Crippen MR) is 84.9 cm³/mol. The number of nitrogens with zero attached hydrogens (tertiary/aromatic N) is 1. The van der Waals surface area contributed by atoms with Crippen LogP contribution in [0.1, 0.15) is 23.5 Å². The lowest BCUT2D eigenvalue weighted by Crippen LogP contribution is -2.19. The Morgan fingerprint density at radius 3 is 2.70 bits per heavy atom. The number of aromatic hydroxyl groups is 1. The lowest BCUT2D eigenvalue weighted by Gasteiger charge is -2.16. The van der Waals surface area contributed by atoms with Crippen molar-refractivity contribution >= 4 is 15.9 Å². The molecule has 0 bridgehead atoms. The zero-order chi connectivity index (χ0) is 13.9.